The summed E-state index contributed by atoms with van der Waals surface area (Å²) in [5.41, 5.74) is 0.996. The van der Waals surface area contributed by atoms with Gasteiger partial charge in [-0.2, -0.15) is 0 Å². The Morgan fingerprint density at radius 3 is 2.80 bits per heavy atom. The number of amides is 1. The Morgan fingerprint density at radius 2 is 2.00 bits per heavy atom. The minimum atomic E-state index is -0.0141. The summed E-state index contributed by atoms with van der Waals surface area (Å²) >= 11 is 0. The van der Waals surface area contributed by atoms with Crippen LogP contribution in [0.4, 0.5) is 0 Å². The quantitative estimate of drug-likeness (QED) is 0.841. The molecule has 5 heteroatoms. The SMILES string of the molecule is C[C@H]1CCCN(C(=O)c2nc3c(o2)CCN(CC2CCCCC2)C3)C1. The molecule has 1 saturated heterocycles. The maximum absolute atomic E-state index is 12.7. The lowest BCUT2D eigenvalue weighted by Crippen LogP contribution is -2.39. The van der Waals surface area contributed by atoms with Crippen molar-refractivity contribution in [2.24, 2.45) is 11.8 Å². The van der Waals surface area contributed by atoms with Gasteiger partial charge in [0, 0.05) is 39.1 Å². The van der Waals surface area contributed by atoms with Gasteiger partial charge in [0.1, 0.15) is 5.76 Å². The highest BCUT2D eigenvalue weighted by Crippen LogP contribution is 2.27. The first kappa shape index (κ1) is 17.1. The predicted molar refractivity (Wildman–Crippen MR) is 96.4 cm³/mol. The minimum absolute atomic E-state index is 0.0141. The van der Waals surface area contributed by atoms with Gasteiger partial charge in [-0.3, -0.25) is 9.69 Å². The van der Waals surface area contributed by atoms with Gasteiger partial charge in [0.25, 0.3) is 5.89 Å². The summed E-state index contributed by atoms with van der Waals surface area (Å²) in [7, 11) is 0. The number of likely N-dealkylation sites (tertiary alicyclic amines) is 1. The van der Waals surface area contributed by atoms with Crippen LogP contribution in [0.5, 0.6) is 0 Å². The molecule has 0 radical (unpaired) electrons. The second-order valence-corrected chi connectivity index (χ2v) is 8.38. The molecule has 3 aliphatic rings. The number of carbonyl (C=O) groups is 1. The number of carbonyl (C=O) groups excluding carboxylic acids is 1. The van der Waals surface area contributed by atoms with Crippen molar-refractivity contribution < 1.29 is 9.21 Å². The highest BCUT2D eigenvalue weighted by atomic mass is 16.4. The predicted octanol–water partition coefficient (Wildman–Crippen LogP) is 3.49. The van der Waals surface area contributed by atoms with E-state index in [-0.39, 0.29) is 5.91 Å². The van der Waals surface area contributed by atoms with Crippen LogP contribution in [0.2, 0.25) is 0 Å². The zero-order chi connectivity index (χ0) is 17.2. The van der Waals surface area contributed by atoms with Gasteiger partial charge in [-0.25, -0.2) is 4.98 Å². The van der Waals surface area contributed by atoms with E-state index < -0.39 is 0 Å². The number of nitrogens with zero attached hydrogens (tertiary/aromatic N) is 3. The molecule has 2 fully saturated rings. The lowest BCUT2D eigenvalue weighted by Gasteiger charge is -2.31. The summed E-state index contributed by atoms with van der Waals surface area (Å²) in [5.74, 6) is 2.66. The van der Waals surface area contributed by atoms with Gasteiger partial charge in [0.05, 0.1) is 5.69 Å². The topological polar surface area (TPSA) is 49.6 Å². The fourth-order valence-corrected chi connectivity index (χ4v) is 4.74. The van der Waals surface area contributed by atoms with Gasteiger partial charge in [0.2, 0.25) is 0 Å². The number of piperidine rings is 1. The fourth-order valence-electron chi connectivity index (χ4n) is 4.74. The van der Waals surface area contributed by atoms with Crippen LogP contribution in [0.15, 0.2) is 4.42 Å². The molecule has 0 aromatic carbocycles. The Bertz CT molecular complexity index is 606. The molecule has 138 valence electrons. The zero-order valence-electron chi connectivity index (χ0n) is 15.5. The van der Waals surface area contributed by atoms with E-state index >= 15 is 0 Å². The maximum atomic E-state index is 12.7. The van der Waals surface area contributed by atoms with Crippen LogP contribution in [-0.2, 0) is 13.0 Å². The number of aromatic nitrogens is 1. The van der Waals surface area contributed by atoms with Crippen molar-refractivity contribution in [3.63, 3.8) is 0 Å². The van der Waals surface area contributed by atoms with Crippen LogP contribution >= 0.6 is 0 Å². The molecule has 0 bridgehead atoms. The van der Waals surface area contributed by atoms with E-state index in [2.05, 4.69) is 16.8 Å². The zero-order valence-corrected chi connectivity index (χ0v) is 15.5. The Kier molecular flexibility index (Phi) is 5.11. The van der Waals surface area contributed by atoms with Crippen LogP contribution in [0, 0.1) is 11.8 Å². The smallest absolute Gasteiger partial charge is 0.309 e. The molecule has 1 aromatic rings. The van der Waals surface area contributed by atoms with Gasteiger partial charge < -0.3 is 9.32 Å². The molecular formula is C20H31N3O2. The van der Waals surface area contributed by atoms with E-state index in [4.69, 9.17) is 4.42 Å². The van der Waals surface area contributed by atoms with Crippen LogP contribution < -0.4 is 0 Å². The lowest BCUT2D eigenvalue weighted by molar-refractivity contribution is 0.0640. The summed E-state index contributed by atoms with van der Waals surface area (Å²) in [6.07, 6.45) is 10.1. The third kappa shape index (κ3) is 3.91. The number of fused-ring (bicyclic) bond motifs is 1. The number of hydrogen-bond acceptors (Lipinski definition) is 4. The molecule has 4 rings (SSSR count). The van der Waals surface area contributed by atoms with Gasteiger partial charge in [0.15, 0.2) is 0 Å². The van der Waals surface area contributed by atoms with Gasteiger partial charge in [-0.05, 0) is 37.5 Å². The van der Waals surface area contributed by atoms with Crippen molar-refractivity contribution >= 4 is 5.91 Å². The Hall–Kier alpha value is -1.36. The van der Waals surface area contributed by atoms with E-state index in [1.165, 1.54) is 45.1 Å². The molecule has 1 saturated carbocycles. The minimum Gasteiger partial charge on any atom is -0.437 e. The number of oxazole rings is 1. The highest BCUT2D eigenvalue weighted by Gasteiger charge is 2.30. The van der Waals surface area contributed by atoms with Crippen molar-refractivity contribution in [2.45, 2.75) is 64.8 Å². The molecule has 0 unspecified atom stereocenters. The molecule has 3 heterocycles. The van der Waals surface area contributed by atoms with Crippen LogP contribution in [0.25, 0.3) is 0 Å². The Balaban J connectivity index is 1.39. The molecule has 1 amide bonds. The van der Waals surface area contributed by atoms with Crippen molar-refractivity contribution in [1.82, 2.24) is 14.8 Å². The molecule has 0 N–H and O–H groups in total. The summed E-state index contributed by atoms with van der Waals surface area (Å²) in [6, 6.07) is 0. The first-order chi connectivity index (χ1) is 12.2. The molecule has 1 aromatic heterocycles. The van der Waals surface area contributed by atoms with E-state index in [0.717, 1.165) is 56.4 Å². The first-order valence-corrected chi connectivity index (χ1v) is 10.2. The van der Waals surface area contributed by atoms with Gasteiger partial charge >= 0.3 is 5.91 Å². The van der Waals surface area contributed by atoms with E-state index in [1.54, 1.807) is 0 Å². The van der Waals surface area contributed by atoms with Crippen LogP contribution in [0.1, 0.15) is 74.0 Å². The maximum Gasteiger partial charge on any atom is 0.309 e. The molecule has 1 atom stereocenters. The summed E-state index contributed by atoms with van der Waals surface area (Å²) in [4.78, 5) is 21.7. The third-order valence-electron chi connectivity index (χ3n) is 6.18. The monoisotopic (exact) mass is 345 g/mol. The number of hydrogen-bond donors (Lipinski definition) is 0. The van der Waals surface area contributed by atoms with Crippen molar-refractivity contribution in [1.29, 1.82) is 0 Å². The average molecular weight is 345 g/mol. The molecular weight excluding hydrogens is 314 g/mol. The van der Waals surface area contributed by atoms with Crippen molar-refractivity contribution in [3.05, 3.63) is 17.3 Å². The normalized spacial score (nSPS) is 25.8. The van der Waals surface area contributed by atoms with Crippen molar-refractivity contribution in [2.75, 3.05) is 26.2 Å². The van der Waals surface area contributed by atoms with E-state index in [1.807, 2.05) is 4.90 Å². The Morgan fingerprint density at radius 1 is 1.16 bits per heavy atom. The summed E-state index contributed by atoms with van der Waals surface area (Å²) < 4.78 is 5.87. The van der Waals surface area contributed by atoms with Gasteiger partial charge in [-0.1, -0.05) is 26.2 Å². The summed E-state index contributed by atoms with van der Waals surface area (Å²) in [6.45, 7) is 6.94. The first-order valence-electron chi connectivity index (χ1n) is 10.2. The average Bonchev–Trinajstić information content (AvgIpc) is 3.05. The molecule has 0 spiro atoms. The van der Waals surface area contributed by atoms with E-state index in [9.17, 15) is 4.79 Å². The van der Waals surface area contributed by atoms with Crippen LogP contribution in [-0.4, -0.2) is 46.9 Å². The Labute approximate surface area is 150 Å². The second-order valence-electron chi connectivity index (χ2n) is 8.38. The lowest BCUT2D eigenvalue weighted by atomic mass is 9.88. The van der Waals surface area contributed by atoms with E-state index in [0.29, 0.717) is 11.8 Å². The molecule has 2 aliphatic heterocycles. The van der Waals surface area contributed by atoms with Crippen molar-refractivity contribution in [3.8, 4) is 0 Å². The van der Waals surface area contributed by atoms with Gasteiger partial charge in [-0.15, -0.1) is 0 Å². The number of rotatable bonds is 3. The molecule has 1 aliphatic carbocycles. The standard InChI is InChI=1S/C20H31N3O2/c1-15-6-5-10-23(12-15)20(24)19-21-17-14-22(11-9-18(17)25-19)13-16-7-3-2-4-8-16/h15-16H,2-14H2,1H3/t15-/m0/s1. The largest absolute Gasteiger partial charge is 0.437 e. The second kappa shape index (κ2) is 7.48. The fraction of sp³-hybridized carbons (Fsp3) is 0.800. The molecule has 25 heavy (non-hydrogen) atoms. The van der Waals surface area contributed by atoms with Crippen LogP contribution in [0.3, 0.4) is 0 Å². The summed E-state index contributed by atoms with van der Waals surface area (Å²) in [5, 5.41) is 0. The molecule has 5 nitrogen and oxygen atoms in total. The third-order valence-corrected chi connectivity index (χ3v) is 6.18. The highest BCUT2D eigenvalue weighted by molar-refractivity contribution is 5.89.